The van der Waals surface area contributed by atoms with E-state index in [-0.39, 0.29) is 0 Å². The molecular formula is C16H18N4S. The van der Waals surface area contributed by atoms with Crippen LogP contribution in [0.4, 0.5) is 11.5 Å². The maximum absolute atomic E-state index is 5.69. The first-order valence-electron chi connectivity index (χ1n) is 7.03. The Morgan fingerprint density at radius 1 is 1.19 bits per heavy atom. The van der Waals surface area contributed by atoms with Crippen LogP contribution in [-0.4, -0.2) is 23.1 Å². The summed E-state index contributed by atoms with van der Waals surface area (Å²) in [6.07, 6.45) is 2.56. The van der Waals surface area contributed by atoms with Crippen molar-refractivity contribution in [2.45, 2.75) is 13.3 Å². The van der Waals surface area contributed by atoms with Crippen molar-refractivity contribution < 1.29 is 0 Å². The van der Waals surface area contributed by atoms with E-state index < -0.39 is 0 Å². The lowest BCUT2D eigenvalue weighted by molar-refractivity contribution is 0.811. The zero-order valence-corrected chi connectivity index (χ0v) is 12.8. The molecule has 0 saturated carbocycles. The molecule has 2 heterocycles. The zero-order valence-electron chi connectivity index (χ0n) is 12.0. The second-order valence-corrected chi connectivity index (χ2v) is 6.14. The highest BCUT2D eigenvalue weighted by Gasteiger charge is 2.15. The number of hydrogen-bond acceptors (Lipinski definition) is 5. The van der Waals surface area contributed by atoms with Gasteiger partial charge in [0.25, 0.3) is 0 Å². The van der Waals surface area contributed by atoms with Crippen LogP contribution in [0.25, 0.3) is 10.2 Å². The average Bonchev–Trinajstić information content (AvgIpc) is 2.89. The monoisotopic (exact) mass is 298 g/mol. The van der Waals surface area contributed by atoms with Gasteiger partial charge in [-0.15, -0.1) is 11.3 Å². The van der Waals surface area contributed by atoms with Crippen LogP contribution in [0.3, 0.4) is 0 Å². The number of benzene rings is 1. The second kappa shape index (κ2) is 6.20. The summed E-state index contributed by atoms with van der Waals surface area (Å²) in [4.78, 5) is 13.4. The third kappa shape index (κ3) is 2.89. The SMILES string of the molecule is Cc1cc2c(N(CCCN)c3ccccc3)ncnc2s1. The van der Waals surface area contributed by atoms with Gasteiger partial charge in [0.05, 0.1) is 5.39 Å². The topological polar surface area (TPSA) is 55.0 Å². The van der Waals surface area contributed by atoms with Crippen LogP contribution in [-0.2, 0) is 0 Å². The van der Waals surface area contributed by atoms with Gasteiger partial charge < -0.3 is 10.6 Å². The molecule has 4 nitrogen and oxygen atoms in total. The molecule has 0 amide bonds. The van der Waals surface area contributed by atoms with Crippen molar-refractivity contribution in [1.82, 2.24) is 9.97 Å². The lowest BCUT2D eigenvalue weighted by Crippen LogP contribution is -2.22. The molecule has 21 heavy (non-hydrogen) atoms. The van der Waals surface area contributed by atoms with E-state index in [1.165, 1.54) is 4.88 Å². The smallest absolute Gasteiger partial charge is 0.145 e. The Hall–Kier alpha value is -1.98. The Bertz CT molecular complexity index is 723. The summed E-state index contributed by atoms with van der Waals surface area (Å²) in [5.41, 5.74) is 6.83. The lowest BCUT2D eigenvalue weighted by Gasteiger charge is -2.24. The number of rotatable bonds is 5. The van der Waals surface area contributed by atoms with Crippen molar-refractivity contribution in [3.8, 4) is 0 Å². The zero-order chi connectivity index (χ0) is 14.7. The van der Waals surface area contributed by atoms with Crippen molar-refractivity contribution in [2.24, 2.45) is 5.73 Å². The Morgan fingerprint density at radius 2 is 2.00 bits per heavy atom. The Kier molecular flexibility index (Phi) is 4.13. The van der Waals surface area contributed by atoms with Crippen LogP contribution < -0.4 is 10.6 Å². The molecule has 108 valence electrons. The summed E-state index contributed by atoms with van der Waals surface area (Å²) in [5, 5.41) is 1.11. The molecule has 2 aromatic heterocycles. The van der Waals surface area contributed by atoms with Gasteiger partial charge in [-0.3, -0.25) is 0 Å². The van der Waals surface area contributed by atoms with Gasteiger partial charge in [-0.25, -0.2) is 9.97 Å². The van der Waals surface area contributed by atoms with Gasteiger partial charge in [-0.1, -0.05) is 18.2 Å². The van der Waals surface area contributed by atoms with Crippen molar-refractivity contribution >= 4 is 33.1 Å². The molecule has 2 N–H and O–H groups in total. The molecule has 0 aliphatic carbocycles. The molecule has 0 radical (unpaired) electrons. The molecule has 1 aromatic carbocycles. The van der Waals surface area contributed by atoms with Crippen LogP contribution in [0.2, 0.25) is 0 Å². The predicted molar refractivity (Wildman–Crippen MR) is 89.3 cm³/mol. The number of nitrogens with two attached hydrogens (primary N) is 1. The maximum atomic E-state index is 5.69. The number of thiophene rings is 1. The first kappa shape index (κ1) is 14.0. The predicted octanol–water partition coefficient (Wildman–Crippen LogP) is 3.49. The minimum atomic E-state index is 0.667. The largest absolute Gasteiger partial charge is 0.330 e. The Morgan fingerprint density at radius 3 is 2.76 bits per heavy atom. The molecule has 0 saturated heterocycles. The van der Waals surface area contributed by atoms with Crippen molar-refractivity contribution in [3.05, 3.63) is 47.6 Å². The van der Waals surface area contributed by atoms with Gasteiger partial charge in [-0.05, 0) is 38.1 Å². The normalized spacial score (nSPS) is 11.0. The molecule has 0 bridgehead atoms. The number of nitrogens with zero attached hydrogens (tertiary/aromatic N) is 3. The van der Waals surface area contributed by atoms with Gasteiger partial charge in [0.15, 0.2) is 0 Å². The third-order valence-corrected chi connectivity index (χ3v) is 4.30. The molecule has 5 heteroatoms. The molecule has 0 spiro atoms. The van der Waals surface area contributed by atoms with E-state index in [1.54, 1.807) is 17.7 Å². The van der Waals surface area contributed by atoms with Crippen LogP contribution in [0.15, 0.2) is 42.7 Å². The van der Waals surface area contributed by atoms with E-state index in [0.29, 0.717) is 6.54 Å². The summed E-state index contributed by atoms with van der Waals surface area (Å²) in [6.45, 7) is 3.62. The number of aromatic nitrogens is 2. The number of hydrogen-bond donors (Lipinski definition) is 1. The second-order valence-electron chi connectivity index (χ2n) is 4.90. The fourth-order valence-electron chi connectivity index (χ4n) is 2.39. The summed E-state index contributed by atoms with van der Waals surface area (Å²) in [5.74, 6) is 0.962. The minimum Gasteiger partial charge on any atom is -0.330 e. The van der Waals surface area contributed by atoms with Crippen LogP contribution in [0.1, 0.15) is 11.3 Å². The number of aryl methyl sites for hydroxylation is 1. The quantitative estimate of drug-likeness (QED) is 0.783. The first-order chi connectivity index (χ1) is 10.3. The number of fused-ring (bicyclic) bond motifs is 1. The third-order valence-electron chi connectivity index (χ3n) is 3.34. The fourth-order valence-corrected chi connectivity index (χ4v) is 3.24. The molecule has 0 fully saturated rings. The highest BCUT2D eigenvalue weighted by Crippen LogP contribution is 2.33. The molecule has 0 aliphatic rings. The average molecular weight is 298 g/mol. The number of anilines is 2. The molecule has 3 aromatic rings. The van der Waals surface area contributed by atoms with E-state index in [9.17, 15) is 0 Å². The summed E-state index contributed by atoms with van der Waals surface area (Å²) in [7, 11) is 0. The Balaban J connectivity index is 2.09. The Labute approximate surface area is 128 Å². The van der Waals surface area contributed by atoms with Gasteiger partial charge >= 0.3 is 0 Å². The molecule has 0 aliphatic heterocycles. The lowest BCUT2D eigenvalue weighted by atomic mass is 10.2. The molecular weight excluding hydrogens is 280 g/mol. The van der Waals surface area contributed by atoms with Gasteiger partial charge in [0.2, 0.25) is 0 Å². The van der Waals surface area contributed by atoms with E-state index in [4.69, 9.17) is 5.73 Å². The molecule has 0 unspecified atom stereocenters. The van der Waals surface area contributed by atoms with E-state index in [1.807, 2.05) is 18.2 Å². The fraction of sp³-hybridized carbons (Fsp3) is 0.250. The van der Waals surface area contributed by atoms with Gasteiger partial charge in [0.1, 0.15) is 17.0 Å². The van der Waals surface area contributed by atoms with E-state index in [0.717, 1.165) is 34.7 Å². The minimum absolute atomic E-state index is 0.667. The van der Waals surface area contributed by atoms with Gasteiger partial charge in [0, 0.05) is 17.1 Å². The van der Waals surface area contributed by atoms with Crippen LogP contribution in [0, 0.1) is 6.92 Å². The van der Waals surface area contributed by atoms with Crippen molar-refractivity contribution in [2.75, 3.05) is 18.0 Å². The summed E-state index contributed by atoms with van der Waals surface area (Å²) in [6, 6.07) is 12.5. The highest BCUT2D eigenvalue weighted by atomic mass is 32.1. The summed E-state index contributed by atoms with van der Waals surface area (Å²) < 4.78 is 0. The van der Waals surface area contributed by atoms with Crippen LogP contribution >= 0.6 is 11.3 Å². The van der Waals surface area contributed by atoms with Crippen molar-refractivity contribution in [3.63, 3.8) is 0 Å². The van der Waals surface area contributed by atoms with Crippen molar-refractivity contribution in [1.29, 1.82) is 0 Å². The van der Waals surface area contributed by atoms with Crippen LogP contribution in [0.5, 0.6) is 0 Å². The molecule has 0 atom stereocenters. The van der Waals surface area contributed by atoms with Gasteiger partial charge in [-0.2, -0.15) is 0 Å². The summed E-state index contributed by atoms with van der Waals surface area (Å²) >= 11 is 1.70. The van der Waals surface area contributed by atoms with E-state index >= 15 is 0 Å². The standard InChI is InChI=1S/C16H18N4S/c1-12-10-14-15(18-11-19-16(14)21-12)20(9-5-8-17)13-6-3-2-4-7-13/h2-4,6-7,10-11H,5,8-9,17H2,1H3. The molecule has 3 rings (SSSR count). The number of para-hydroxylation sites is 1. The highest BCUT2D eigenvalue weighted by molar-refractivity contribution is 7.18. The first-order valence-corrected chi connectivity index (χ1v) is 7.85. The maximum Gasteiger partial charge on any atom is 0.145 e. The van der Waals surface area contributed by atoms with E-state index in [2.05, 4.69) is 40.0 Å².